The second kappa shape index (κ2) is 9.26. The molecule has 6 heteroatoms. The van der Waals surface area contributed by atoms with Crippen LogP contribution in [0.3, 0.4) is 0 Å². The number of amides is 1. The van der Waals surface area contributed by atoms with Crippen LogP contribution in [0.25, 0.3) is 0 Å². The maximum atomic E-state index is 12.6. The standard InChI is InChI=1S/C25H23N3O3/c29-20-10-6-18(7-11-20)15-24(31)28-25-22(14-17-4-2-1-3-5-17)27-23(16-26-25)19-8-12-21(30)13-9-19/h1-13,16,22,25,29-30H,14-15H2,(H,28,31)/p+1. The number of phenolic OH excluding ortho intramolecular Hbond substituents is 2. The van der Waals surface area contributed by atoms with Gasteiger partial charge < -0.3 is 10.2 Å². The maximum absolute atomic E-state index is 12.6. The summed E-state index contributed by atoms with van der Waals surface area (Å²) in [7, 11) is 0. The maximum Gasteiger partial charge on any atom is 0.249 e. The van der Waals surface area contributed by atoms with Gasteiger partial charge in [-0.15, -0.1) is 0 Å². The van der Waals surface area contributed by atoms with Crippen molar-refractivity contribution in [1.29, 1.82) is 0 Å². The molecule has 4 N–H and O–H groups in total. The van der Waals surface area contributed by atoms with E-state index in [1.165, 1.54) is 0 Å². The molecule has 0 fully saturated rings. The van der Waals surface area contributed by atoms with Crippen molar-refractivity contribution >= 4 is 17.8 Å². The van der Waals surface area contributed by atoms with Crippen molar-refractivity contribution in [3.05, 3.63) is 95.6 Å². The SMILES string of the molecule is O=C(Cc1ccc(O)cc1)NC1[NH+]=CC(c2ccc(O)cc2)=NC1Cc1ccccc1. The van der Waals surface area contributed by atoms with Crippen LogP contribution in [0.2, 0.25) is 0 Å². The molecule has 0 saturated carbocycles. The highest BCUT2D eigenvalue weighted by Gasteiger charge is 2.31. The van der Waals surface area contributed by atoms with E-state index < -0.39 is 0 Å². The number of rotatable bonds is 6. The summed E-state index contributed by atoms with van der Waals surface area (Å²) >= 11 is 0. The van der Waals surface area contributed by atoms with Crippen molar-refractivity contribution in [2.75, 3.05) is 0 Å². The zero-order valence-electron chi connectivity index (χ0n) is 16.9. The van der Waals surface area contributed by atoms with Gasteiger partial charge in [-0.05, 0) is 47.5 Å². The van der Waals surface area contributed by atoms with Crippen LogP contribution >= 0.6 is 0 Å². The number of hydrogen-bond acceptors (Lipinski definition) is 4. The molecular weight excluding hydrogens is 390 g/mol. The Morgan fingerprint density at radius 2 is 1.52 bits per heavy atom. The summed E-state index contributed by atoms with van der Waals surface area (Å²) in [4.78, 5) is 20.8. The molecule has 1 aliphatic heterocycles. The molecule has 156 valence electrons. The fourth-order valence-corrected chi connectivity index (χ4v) is 3.54. The summed E-state index contributed by atoms with van der Waals surface area (Å²) in [6.45, 7) is 0. The number of carbonyl (C=O) groups is 1. The summed E-state index contributed by atoms with van der Waals surface area (Å²) in [5, 5.41) is 22.0. The summed E-state index contributed by atoms with van der Waals surface area (Å²) < 4.78 is 0. The van der Waals surface area contributed by atoms with Gasteiger partial charge in [0.2, 0.25) is 12.1 Å². The first kappa shape index (κ1) is 20.3. The lowest BCUT2D eigenvalue weighted by Gasteiger charge is -2.22. The van der Waals surface area contributed by atoms with E-state index in [1.807, 2.05) is 42.5 Å². The van der Waals surface area contributed by atoms with Crippen molar-refractivity contribution < 1.29 is 20.0 Å². The van der Waals surface area contributed by atoms with E-state index in [9.17, 15) is 15.0 Å². The Morgan fingerprint density at radius 1 is 0.871 bits per heavy atom. The monoisotopic (exact) mass is 414 g/mol. The van der Waals surface area contributed by atoms with Gasteiger partial charge in [0.1, 0.15) is 23.3 Å². The summed E-state index contributed by atoms with van der Waals surface area (Å²) in [5.74, 6) is 0.248. The Balaban J connectivity index is 1.52. The van der Waals surface area contributed by atoms with Gasteiger partial charge in [-0.2, -0.15) is 0 Å². The van der Waals surface area contributed by atoms with Crippen LogP contribution in [0.4, 0.5) is 0 Å². The minimum atomic E-state index is -0.356. The van der Waals surface area contributed by atoms with Crippen LogP contribution in [-0.4, -0.2) is 40.3 Å². The molecule has 2 unspecified atom stereocenters. The second-order valence-corrected chi connectivity index (χ2v) is 7.52. The zero-order chi connectivity index (χ0) is 21.6. The highest BCUT2D eigenvalue weighted by molar-refractivity contribution is 6.36. The van der Waals surface area contributed by atoms with Crippen LogP contribution in [-0.2, 0) is 17.6 Å². The fraction of sp³-hybridized carbons (Fsp3) is 0.160. The molecule has 0 spiro atoms. The van der Waals surface area contributed by atoms with Crippen LogP contribution in [0, 0.1) is 0 Å². The van der Waals surface area contributed by atoms with Crippen LogP contribution in [0.1, 0.15) is 16.7 Å². The van der Waals surface area contributed by atoms with Gasteiger partial charge in [-0.25, -0.2) is 4.99 Å². The minimum absolute atomic E-state index is 0.127. The predicted octanol–water partition coefficient (Wildman–Crippen LogP) is 1.35. The summed E-state index contributed by atoms with van der Waals surface area (Å²) in [5.41, 5.74) is 3.60. The predicted molar refractivity (Wildman–Crippen MR) is 119 cm³/mol. The molecule has 2 atom stereocenters. The van der Waals surface area contributed by atoms with E-state index >= 15 is 0 Å². The minimum Gasteiger partial charge on any atom is -0.508 e. The van der Waals surface area contributed by atoms with Gasteiger partial charge in [-0.1, -0.05) is 42.5 Å². The first-order chi connectivity index (χ1) is 15.1. The summed E-state index contributed by atoms with van der Waals surface area (Å²) in [6.07, 6.45) is 2.31. The van der Waals surface area contributed by atoms with Gasteiger partial charge in [0.15, 0.2) is 6.21 Å². The van der Waals surface area contributed by atoms with E-state index in [1.54, 1.807) is 42.6 Å². The Morgan fingerprint density at radius 3 is 2.19 bits per heavy atom. The third kappa shape index (κ3) is 5.36. The van der Waals surface area contributed by atoms with Crippen molar-refractivity contribution in [2.24, 2.45) is 4.99 Å². The normalized spacial score (nSPS) is 17.7. The Kier molecular flexibility index (Phi) is 6.08. The molecule has 1 aliphatic rings. The van der Waals surface area contributed by atoms with Crippen LogP contribution in [0.5, 0.6) is 11.5 Å². The fourth-order valence-electron chi connectivity index (χ4n) is 3.54. The number of benzene rings is 3. The number of phenols is 2. The second-order valence-electron chi connectivity index (χ2n) is 7.52. The molecule has 0 radical (unpaired) electrons. The van der Waals surface area contributed by atoms with Gasteiger partial charge >= 0.3 is 0 Å². The molecule has 6 nitrogen and oxygen atoms in total. The zero-order valence-corrected chi connectivity index (χ0v) is 16.9. The number of nitrogens with one attached hydrogen (secondary N) is 2. The topological polar surface area (TPSA) is 95.9 Å². The lowest BCUT2D eigenvalue weighted by molar-refractivity contribution is -0.507. The molecule has 0 aromatic heterocycles. The summed E-state index contributed by atoms with van der Waals surface area (Å²) in [6, 6.07) is 23.3. The average Bonchev–Trinajstić information content (AvgIpc) is 2.78. The molecular formula is C25H24N3O3+. The third-order valence-corrected chi connectivity index (χ3v) is 5.16. The third-order valence-electron chi connectivity index (χ3n) is 5.16. The van der Waals surface area contributed by atoms with Crippen molar-refractivity contribution in [1.82, 2.24) is 5.32 Å². The smallest absolute Gasteiger partial charge is 0.249 e. The van der Waals surface area contributed by atoms with Gasteiger partial charge in [0, 0.05) is 12.0 Å². The van der Waals surface area contributed by atoms with E-state index in [0.717, 1.165) is 22.4 Å². The molecule has 4 rings (SSSR count). The van der Waals surface area contributed by atoms with Crippen LogP contribution in [0.15, 0.2) is 83.9 Å². The van der Waals surface area contributed by atoms with Crippen molar-refractivity contribution in [3.8, 4) is 11.5 Å². The van der Waals surface area contributed by atoms with Crippen LogP contribution < -0.4 is 10.3 Å². The van der Waals surface area contributed by atoms with E-state index in [4.69, 9.17) is 4.99 Å². The molecule has 0 aliphatic carbocycles. The number of aliphatic imine (C=N–C) groups is 1. The molecule has 3 aromatic carbocycles. The van der Waals surface area contributed by atoms with E-state index in [0.29, 0.717) is 6.42 Å². The number of carbonyl (C=O) groups excluding carboxylic acids is 1. The van der Waals surface area contributed by atoms with Crippen molar-refractivity contribution in [3.63, 3.8) is 0 Å². The number of aromatic hydroxyl groups is 2. The van der Waals surface area contributed by atoms with Gasteiger partial charge in [0.05, 0.1) is 6.42 Å². The molecule has 1 amide bonds. The molecule has 1 heterocycles. The highest BCUT2D eigenvalue weighted by atomic mass is 16.3. The molecule has 0 bridgehead atoms. The molecule has 3 aromatic rings. The lowest BCUT2D eigenvalue weighted by atomic mass is 10.0. The number of nitrogens with zero attached hydrogens (tertiary/aromatic N) is 1. The first-order valence-electron chi connectivity index (χ1n) is 10.1. The average molecular weight is 414 g/mol. The number of hydrogen-bond donors (Lipinski definition) is 4. The van der Waals surface area contributed by atoms with E-state index in [2.05, 4.69) is 10.3 Å². The Labute approximate surface area is 180 Å². The lowest BCUT2D eigenvalue weighted by Crippen LogP contribution is -2.87. The Bertz CT molecular complexity index is 1090. The molecule has 0 saturated heterocycles. The highest BCUT2D eigenvalue weighted by Crippen LogP contribution is 2.14. The first-order valence-corrected chi connectivity index (χ1v) is 10.1. The molecule has 31 heavy (non-hydrogen) atoms. The van der Waals surface area contributed by atoms with E-state index in [-0.39, 0.29) is 36.0 Å². The Hall–Kier alpha value is -3.93. The largest absolute Gasteiger partial charge is 0.508 e. The van der Waals surface area contributed by atoms with Gasteiger partial charge in [0.25, 0.3) is 0 Å². The van der Waals surface area contributed by atoms with Gasteiger partial charge in [-0.3, -0.25) is 15.1 Å². The van der Waals surface area contributed by atoms with Crippen molar-refractivity contribution in [2.45, 2.75) is 25.0 Å². The quantitative estimate of drug-likeness (QED) is 0.490.